The Bertz CT molecular complexity index is 1060. The molecule has 0 radical (unpaired) electrons. The Hall–Kier alpha value is -2.77. The number of rotatable bonds is 7. The third kappa shape index (κ3) is 5.85. The van der Waals surface area contributed by atoms with E-state index in [2.05, 4.69) is 10.3 Å². The van der Waals surface area contributed by atoms with E-state index >= 15 is 0 Å². The maximum absolute atomic E-state index is 12.6. The molecule has 0 spiro atoms. The predicted octanol–water partition coefficient (Wildman–Crippen LogP) is 3.84. The maximum atomic E-state index is 12.6. The number of hydrogen-bond donors (Lipinski definition) is 2. The molecule has 3 aromatic rings. The minimum absolute atomic E-state index is 0.219. The molecular formula is C21H21ClN4O2S. The fourth-order valence-corrected chi connectivity index (χ4v) is 3.86. The standard InChI is InChI=1S/C21H21ClN4O2S/c1-14(20(28)24-17-9-5-8-16(22)12-17)29-21-25-19(27)13-18(23)26(21)11-10-15-6-3-2-4-7-15/h2-9,12-14H,10-11,23H2,1H3,(H,24,28). The van der Waals surface area contributed by atoms with E-state index in [-0.39, 0.29) is 5.91 Å². The molecule has 29 heavy (non-hydrogen) atoms. The summed E-state index contributed by atoms with van der Waals surface area (Å²) in [6.45, 7) is 2.30. The first-order chi connectivity index (χ1) is 13.9. The Kier molecular flexibility index (Phi) is 6.95. The van der Waals surface area contributed by atoms with E-state index in [4.69, 9.17) is 17.3 Å². The van der Waals surface area contributed by atoms with Crippen LogP contribution in [0.25, 0.3) is 0 Å². The maximum Gasteiger partial charge on any atom is 0.275 e. The number of nitrogens with two attached hydrogens (primary N) is 1. The highest BCUT2D eigenvalue weighted by Crippen LogP contribution is 2.24. The minimum Gasteiger partial charge on any atom is -0.385 e. The van der Waals surface area contributed by atoms with Gasteiger partial charge in [-0.15, -0.1) is 0 Å². The average molecular weight is 429 g/mol. The molecule has 0 bridgehead atoms. The molecule has 3 rings (SSSR count). The Morgan fingerprint density at radius 2 is 1.97 bits per heavy atom. The van der Waals surface area contributed by atoms with Crippen LogP contribution in [-0.2, 0) is 17.8 Å². The van der Waals surface area contributed by atoms with E-state index in [9.17, 15) is 9.59 Å². The van der Waals surface area contributed by atoms with Crippen LogP contribution in [-0.4, -0.2) is 20.7 Å². The third-order valence-corrected chi connectivity index (χ3v) is 5.56. The second-order valence-corrected chi connectivity index (χ2v) is 8.19. The van der Waals surface area contributed by atoms with Crippen molar-refractivity contribution in [3.05, 3.63) is 81.6 Å². The van der Waals surface area contributed by atoms with Crippen LogP contribution in [0, 0.1) is 0 Å². The number of anilines is 2. The van der Waals surface area contributed by atoms with E-state index in [0.717, 1.165) is 12.0 Å². The molecule has 1 amide bonds. The molecule has 6 nitrogen and oxygen atoms in total. The van der Waals surface area contributed by atoms with E-state index in [0.29, 0.717) is 28.2 Å². The highest BCUT2D eigenvalue weighted by molar-refractivity contribution is 8.00. The lowest BCUT2D eigenvalue weighted by atomic mass is 10.1. The number of benzene rings is 2. The first kappa shape index (κ1) is 21.0. The zero-order chi connectivity index (χ0) is 20.8. The van der Waals surface area contributed by atoms with Gasteiger partial charge >= 0.3 is 0 Å². The van der Waals surface area contributed by atoms with Crippen molar-refractivity contribution in [2.45, 2.75) is 30.3 Å². The number of carbonyl (C=O) groups is 1. The number of amides is 1. The van der Waals surface area contributed by atoms with Gasteiger partial charge in [-0.1, -0.05) is 59.8 Å². The van der Waals surface area contributed by atoms with E-state index < -0.39 is 10.8 Å². The number of hydrogen-bond acceptors (Lipinski definition) is 5. The van der Waals surface area contributed by atoms with E-state index in [1.807, 2.05) is 30.3 Å². The van der Waals surface area contributed by atoms with Gasteiger partial charge in [0.05, 0.1) is 5.25 Å². The third-order valence-electron chi connectivity index (χ3n) is 4.23. The molecule has 1 heterocycles. The van der Waals surface area contributed by atoms with E-state index in [1.165, 1.54) is 17.8 Å². The van der Waals surface area contributed by atoms with Crippen molar-refractivity contribution < 1.29 is 4.79 Å². The molecule has 2 aromatic carbocycles. The molecule has 0 aliphatic rings. The van der Waals surface area contributed by atoms with Crippen molar-refractivity contribution in [1.82, 2.24) is 9.55 Å². The number of aromatic nitrogens is 2. The molecule has 0 aliphatic heterocycles. The number of carbonyl (C=O) groups excluding carboxylic acids is 1. The summed E-state index contributed by atoms with van der Waals surface area (Å²) in [7, 11) is 0. The monoisotopic (exact) mass is 428 g/mol. The lowest BCUT2D eigenvalue weighted by Crippen LogP contribution is -2.25. The van der Waals surface area contributed by atoms with Gasteiger partial charge < -0.3 is 15.6 Å². The summed E-state index contributed by atoms with van der Waals surface area (Å²) < 4.78 is 1.77. The summed E-state index contributed by atoms with van der Waals surface area (Å²) in [5.41, 5.74) is 7.40. The highest BCUT2D eigenvalue weighted by Gasteiger charge is 2.19. The number of nitrogens with zero attached hydrogens (tertiary/aromatic N) is 2. The molecule has 3 N–H and O–H groups in total. The lowest BCUT2D eigenvalue weighted by molar-refractivity contribution is -0.115. The summed E-state index contributed by atoms with van der Waals surface area (Å²) >= 11 is 7.15. The second-order valence-electron chi connectivity index (χ2n) is 6.45. The van der Waals surface area contributed by atoms with Gasteiger partial charge in [0.25, 0.3) is 5.56 Å². The van der Waals surface area contributed by atoms with Crippen molar-refractivity contribution in [2.75, 3.05) is 11.1 Å². The zero-order valence-corrected chi connectivity index (χ0v) is 17.4. The van der Waals surface area contributed by atoms with Crippen LogP contribution in [0.5, 0.6) is 0 Å². The van der Waals surface area contributed by atoms with Crippen LogP contribution >= 0.6 is 23.4 Å². The fourth-order valence-electron chi connectivity index (χ4n) is 2.72. The molecule has 8 heteroatoms. The summed E-state index contributed by atoms with van der Waals surface area (Å²) in [6, 6.07) is 18.2. The first-order valence-corrected chi connectivity index (χ1v) is 10.3. The van der Waals surface area contributed by atoms with Gasteiger partial charge in [-0.2, -0.15) is 4.98 Å². The number of nitrogen functional groups attached to an aromatic ring is 1. The molecule has 0 saturated heterocycles. The van der Waals surface area contributed by atoms with Crippen molar-refractivity contribution >= 4 is 40.8 Å². The summed E-state index contributed by atoms with van der Waals surface area (Å²) in [5, 5.41) is 3.28. The van der Waals surface area contributed by atoms with E-state index in [1.54, 1.807) is 35.8 Å². The quantitative estimate of drug-likeness (QED) is 0.440. The van der Waals surface area contributed by atoms with Crippen LogP contribution in [0.15, 0.2) is 70.6 Å². The second kappa shape index (κ2) is 9.62. The van der Waals surface area contributed by atoms with Crippen LogP contribution in [0.2, 0.25) is 5.02 Å². The Balaban J connectivity index is 1.74. The van der Waals surface area contributed by atoms with Crippen molar-refractivity contribution in [3.8, 4) is 0 Å². The Morgan fingerprint density at radius 1 is 1.21 bits per heavy atom. The SMILES string of the molecule is CC(Sc1nc(=O)cc(N)n1CCc1ccccc1)C(=O)Nc1cccc(Cl)c1. The van der Waals surface area contributed by atoms with Gasteiger partial charge in [-0.3, -0.25) is 9.59 Å². The molecule has 0 saturated carbocycles. The Morgan fingerprint density at radius 3 is 2.69 bits per heavy atom. The first-order valence-electron chi connectivity index (χ1n) is 9.07. The number of nitrogens with one attached hydrogen (secondary N) is 1. The molecule has 0 aliphatic carbocycles. The summed E-state index contributed by atoms with van der Waals surface area (Å²) in [5.74, 6) is 0.106. The molecule has 1 atom stereocenters. The topological polar surface area (TPSA) is 90.0 Å². The number of thioether (sulfide) groups is 1. The number of aryl methyl sites for hydroxylation is 1. The Labute approximate surface area is 178 Å². The summed E-state index contributed by atoms with van der Waals surface area (Å²) in [4.78, 5) is 28.5. The highest BCUT2D eigenvalue weighted by atomic mass is 35.5. The number of halogens is 1. The smallest absolute Gasteiger partial charge is 0.275 e. The fraction of sp³-hybridized carbons (Fsp3) is 0.190. The minimum atomic E-state index is -0.495. The van der Waals surface area contributed by atoms with Crippen LogP contribution < -0.4 is 16.6 Å². The van der Waals surface area contributed by atoms with Gasteiger partial charge in [0.1, 0.15) is 5.82 Å². The van der Waals surface area contributed by atoms with Crippen molar-refractivity contribution in [3.63, 3.8) is 0 Å². The van der Waals surface area contributed by atoms with Crippen LogP contribution in [0.1, 0.15) is 12.5 Å². The summed E-state index contributed by atoms with van der Waals surface area (Å²) in [6.07, 6.45) is 0.728. The predicted molar refractivity (Wildman–Crippen MR) is 118 cm³/mol. The molecule has 1 unspecified atom stereocenters. The van der Waals surface area contributed by atoms with Crippen LogP contribution in [0.3, 0.4) is 0 Å². The van der Waals surface area contributed by atoms with Gasteiger partial charge in [0.2, 0.25) is 5.91 Å². The molecule has 0 fully saturated rings. The van der Waals surface area contributed by atoms with Gasteiger partial charge in [-0.05, 0) is 37.1 Å². The van der Waals surface area contributed by atoms with Crippen LogP contribution in [0.4, 0.5) is 11.5 Å². The average Bonchev–Trinajstić information content (AvgIpc) is 2.68. The van der Waals surface area contributed by atoms with Gasteiger partial charge in [0, 0.05) is 23.3 Å². The van der Waals surface area contributed by atoms with Gasteiger partial charge in [-0.25, -0.2) is 0 Å². The lowest BCUT2D eigenvalue weighted by Gasteiger charge is -2.17. The van der Waals surface area contributed by atoms with Crippen molar-refractivity contribution in [2.24, 2.45) is 0 Å². The van der Waals surface area contributed by atoms with Gasteiger partial charge in [0.15, 0.2) is 5.16 Å². The molecular weight excluding hydrogens is 408 g/mol. The molecule has 1 aromatic heterocycles. The molecule has 150 valence electrons. The largest absolute Gasteiger partial charge is 0.385 e. The van der Waals surface area contributed by atoms with Crippen molar-refractivity contribution in [1.29, 1.82) is 0 Å². The normalized spacial score (nSPS) is 11.8. The zero-order valence-electron chi connectivity index (χ0n) is 15.8.